The molecule has 0 fully saturated rings. The topological polar surface area (TPSA) is 47.6 Å². The Morgan fingerprint density at radius 1 is 1.04 bits per heavy atom. The zero-order valence-corrected chi connectivity index (χ0v) is 13.0. The summed E-state index contributed by atoms with van der Waals surface area (Å²) in [5.74, 6) is -0.418. The first-order valence-electron chi connectivity index (χ1n) is 6.92. The predicted octanol–water partition coefficient (Wildman–Crippen LogP) is 4.17. The third kappa shape index (κ3) is 4.18. The van der Waals surface area contributed by atoms with Gasteiger partial charge in [0.05, 0.1) is 7.11 Å². The van der Waals surface area contributed by atoms with Crippen LogP contribution in [0.15, 0.2) is 36.4 Å². The molecular weight excluding hydrogens is 304 g/mol. The van der Waals surface area contributed by atoms with Crippen molar-refractivity contribution in [2.45, 2.75) is 20.5 Å². The van der Waals surface area contributed by atoms with Crippen LogP contribution in [-0.2, 0) is 0 Å². The molecule has 0 aliphatic carbocycles. The number of methoxy groups -OCH3 is 1. The van der Waals surface area contributed by atoms with Gasteiger partial charge < -0.3 is 14.8 Å². The van der Waals surface area contributed by atoms with Crippen LogP contribution in [0, 0.1) is 13.8 Å². The Labute approximate surface area is 133 Å². The molecule has 0 saturated carbocycles. The number of hydrogen-bond acceptors (Lipinski definition) is 3. The van der Waals surface area contributed by atoms with Crippen LogP contribution < -0.4 is 14.8 Å². The van der Waals surface area contributed by atoms with E-state index in [4.69, 9.17) is 4.74 Å². The number of halogens is 2. The van der Waals surface area contributed by atoms with Crippen molar-refractivity contribution in [3.8, 4) is 11.5 Å². The van der Waals surface area contributed by atoms with Gasteiger partial charge in [-0.25, -0.2) is 0 Å². The molecule has 4 nitrogen and oxygen atoms in total. The molecule has 23 heavy (non-hydrogen) atoms. The molecular formula is C17H17F2NO3. The maximum Gasteiger partial charge on any atom is 0.387 e. The highest BCUT2D eigenvalue weighted by Crippen LogP contribution is 2.29. The maximum atomic E-state index is 12.3. The summed E-state index contributed by atoms with van der Waals surface area (Å²) >= 11 is 0. The van der Waals surface area contributed by atoms with Crippen LogP contribution in [0.4, 0.5) is 14.5 Å². The zero-order chi connectivity index (χ0) is 17.0. The van der Waals surface area contributed by atoms with Crippen molar-refractivity contribution < 1.29 is 23.0 Å². The first-order valence-corrected chi connectivity index (χ1v) is 6.92. The number of aryl methyl sites for hydroxylation is 2. The van der Waals surface area contributed by atoms with Crippen molar-refractivity contribution in [1.82, 2.24) is 0 Å². The van der Waals surface area contributed by atoms with Crippen LogP contribution in [0.2, 0.25) is 0 Å². The number of anilines is 1. The Balaban J connectivity index is 2.20. The molecule has 0 aromatic heterocycles. The lowest BCUT2D eigenvalue weighted by molar-refractivity contribution is -0.0512. The van der Waals surface area contributed by atoms with E-state index in [1.165, 1.54) is 25.3 Å². The molecule has 0 radical (unpaired) electrons. The molecule has 0 aliphatic heterocycles. The molecule has 6 heteroatoms. The van der Waals surface area contributed by atoms with Crippen molar-refractivity contribution in [3.05, 3.63) is 53.1 Å². The van der Waals surface area contributed by atoms with Crippen molar-refractivity contribution >= 4 is 11.6 Å². The lowest BCUT2D eigenvalue weighted by Crippen LogP contribution is -2.12. The van der Waals surface area contributed by atoms with E-state index in [1.807, 2.05) is 26.0 Å². The number of carbonyl (C=O) groups excluding carboxylic acids is 1. The van der Waals surface area contributed by atoms with Crippen LogP contribution in [0.25, 0.3) is 0 Å². The van der Waals surface area contributed by atoms with E-state index in [2.05, 4.69) is 10.1 Å². The molecule has 1 amide bonds. The van der Waals surface area contributed by atoms with E-state index in [0.29, 0.717) is 5.69 Å². The number of hydrogen-bond donors (Lipinski definition) is 1. The molecule has 0 heterocycles. The lowest BCUT2D eigenvalue weighted by atomic mass is 10.1. The van der Waals surface area contributed by atoms with Crippen LogP contribution in [0.5, 0.6) is 11.5 Å². The minimum atomic E-state index is -2.96. The first-order chi connectivity index (χ1) is 10.9. The van der Waals surface area contributed by atoms with E-state index >= 15 is 0 Å². The van der Waals surface area contributed by atoms with Crippen LogP contribution >= 0.6 is 0 Å². The molecule has 0 bridgehead atoms. The van der Waals surface area contributed by atoms with Gasteiger partial charge in [0.2, 0.25) is 0 Å². The Morgan fingerprint density at radius 3 is 2.39 bits per heavy atom. The monoisotopic (exact) mass is 321 g/mol. The third-order valence-corrected chi connectivity index (χ3v) is 3.41. The molecule has 2 aromatic rings. The number of amides is 1. The molecule has 0 aliphatic rings. The van der Waals surface area contributed by atoms with Crippen LogP contribution in [0.1, 0.15) is 21.5 Å². The predicted molar refractivity (Wildman–Crippen MR) is 83.5 cm³/mol. The normalized spacial score (nSPS) is 10.5. The lowest BCUT2D eigenvalue weighted by Gasteiger charge is -2.12. The smallest absolute Gasteiger partial charge is 0.387 e. The van der Waals surface area contributed by atoms with Gasteiger partial charge >= 0.3 is 6.61 Å². The fraction of sp³-hybridized carbons (Fsp3) is 0.235. The number of nitrogens with one attached hydrogen (secondary N) is 1. The summed E-state index contributed by atoms with van der Waals surface area (Å²) in [6.07, 6.45) is 0. The van der Waals surface area contributed by atoms with Gasteiger partial charge in [-0.2, -0.15) is 8.78 Å². The fourth-order valence-electron chi connectivity index (χ4n) is 2.02. The van der Waals surface area contributed by atoms with Gasteiger partial charge in [0.25, 0.3) is 5.91 Å². The van der Waals surface area contributed by atoms with Gasteiger partial charge in [-0.05, 0) is 55.3 Å². The Bertz CT molecular complexity index is 717. The second-order valence-electron chi connectivity index (χ2n) is 5.00. The van der Waals surface area contributed by atoms with Crippen molar-refractivity contribution in [1.29, 1.82) is 0 Å². The van der Waals surface area contributed by atoms with E-state index in [0.717, 1.165) is 11.1 Å². The molecule has 0 unspecified atom stereocenters. The summed E-state index contributed by atoms with van der Waals surface area (Å²) in [6.45, 7) is 0.969. The average Bonchev–Trinajstić information content (AvgIpc) is 2.50. The second-order valence-corrected chi connectivity index (χ2v) is 5.00. The largest absolute Gasteiger partial charge is 0.493 e. The van der Waals surface area contributed by atoms with E-state index in [1.54, 1.807) is 6.07 Å². The van der Waals surface area contributed by atoms with Crippen molar-refractivity contribution in [3.63, 3.8) is 0 Å². The molecule has 122 valence electrons. The molecule has 0 spiro atoms. The highest BCUT2D eigenvalue weighted by Gasteiger charge is 2.14. The quantitative estimate of drug-likeness (QED) is 0.899. The van der Waals surface area contributed by atoms with Gasteiger partial charge in [-0.1, -0.05) is 6.07 Å². The molecule has 0 atom stereocenters. The van der Waals surface area contributed by atoms with Crippen LogP contribution in [-0.4, -0.2) is 19.6 Å². The fourth-order valence-corrected chi connectivity index (χ4v) is 2.02. The minimum Gasteiger partial charge on any atom is -0.493 e. The molecule has 1 N–H and O–H groups in total. The summed E-state index contributed by atoms with van der Waals surface area (Å²) in [4.78, 5) is 12.3. The van der Waals surface area contributed by atoms with Gasteiger partial charge in [0.15, 0.2) is 11.5 Å². The summed E-state index contributed by atoms with van der Waals surface area (Å²) in [6, 6.07) is 9.60. The minimum absolute atomic E-state index is 0.0676. The number of carbonyl (C=O) groups is 1. The number of alkyl halides is 2. The molecule has 2 aromatic carbocycles. The first kappa shape index (κ1) is 16.7. The Kier molecular flexibility index (Phi) is 5.16. The van der Waals surface area contributed by atoms with E-state index < -0.39 is 6.61 Å². The standard InChI is InChI=1S/C17H17F2NO3/c1-10-4-6-13(8-11(10)2)20-16(21)12-5-7-14(23-17(18)19)15(9-12)22-3/h4-9,17H,1-3H3,(H,20,21). The average molecular weight is 321 g/mol. The summed E-state index contributed by atoms with van der Waals surface area (Å²) in [5, 5.41) is 2.75. The highest BCUT2D eigenvalue weighted by atomic mass is 19.3. The van der Waals surface area contributed by atoms with Gasteiger partial charge in [0.1, 0.15) is 0 Å². The summed E-state index contributed by atoms with van der Waals surface area (Å²) in [7, 11) is 1.32. The SMILES string of the molecule is COc1cc(C(=O)Nc2ccc(C)c(C)c2)ccc1OC(F)F. The number of benzene rings is 2. The maximum absolute atomic E-state index is 12.3. The highest BCUT2D eigenvalue weighted by molar-refractivity contribution is 6.04. The van der Waals surface area contributed by atoms with Crippen molar-refractivity contribution in [2.75, 3.05) is 12.4 Å². The van der Waals surface area contributed by atoms with Gasteiger partial charge in [0, 0.05) is 11.3 Å². The Hall–Kier alpha value is -2.63. The molecule has 2 rings (SSSR count). The van der Waals surface area contributed by atoms with Crippen molar-refractivity contribution in [2.24, 2.45) is 0 Å². The summed E-state index contributed by atoms with van der Waals surface area (Å²) < 4.78 is 33.9. The van der Waals surface area contributed by atoms with E-state index in [-0.39, 0.29) is 23.0 Å². The Morgan fingerprint density at radius 2 is 1.78 bits per heavy atom. The number of ether oxygens (including phenoxy) is 2. The number of rotatable bonds is 5. The van der Waals surface area contributed by atoms with Gasteiger partial charge in [-0.3, -0.25) is 4.79 Å². The van der Waals surface area contributed by atoms with Gasteiger partial charge in [-0.15, -0.1) is 0 Å². The molecule has 0 saturated heterocycles. The van der Waals surface area contributed by atoms with Crippen LogP contribution in [0.3, 0.4) is 0 Å². The second kappa shape index (κ2) is 7.09. The van der Waals surface area contributed by atoms with E-state index in [9.17, 15) is 13.6 Å². The zero-order valence-electron chi connectivity index (χ0n) is 13.0. The summed E-state index contributed by atoms with van der Waals surface area (Å²) in [5.41, 5.74) is 3.12. The third-order valence-electron chi connectivity index (χ3n) is 3.41.